The number of hydrogen-bond donors (Lipinski definition) is 3. The van der Waals surface area contributed by atoms with E-state index < -0.39 is 6.04 Å². The Morgan fingerprint density at radius 2 is 1.88 bits per heavy atom. The van der Waals surface area contributed by atoms with E-state index in [4.69, 9.17) is 4.74 Å². The van der Waals surface area contributed by atoms with E-state index in [9.17, 15) is 14.4 Å². The molecule has 2 heterocycles. The summed E-state index contributed by atoms with van der Waals surface area (Å²) in [5.74, 6) is -0.550. The summed E-state index contributed by atoms with van der Waals surface area (Å²) in [7, 11) is 1.57. The Balaban J connectivity index is 1.59. The van der Waals surface area contributed by atoms with Crippen molar-refractivity contribution < 1.29 is 19.1 Å². The predicted molar refractivity (Wildman–Crippen MR) is 125 cm³/mol. The molecule has 172 valence electrons. The minimum Gasteiger partial charge on any atom is -0.383 e. The quantitative estimate of drug-likeness (QED) is 0.530. The number of likely N-dealkylation sites (tertiary alicyclic amines) is 1. The lowest BCUT2D eigenvalue weighted by Crippen LogP contribution is -2.54. The summed E-state index contributed by atoms with van der Waals surface area (Å²) < 4.78 is 5.00. The van der Waals surface area contributed by atoms with Crippen LogP contribution in [0.15, 0.2) is 41.8 Å². The van der Waals surface area contributed by atoms with E-state index in [1.54, 1.807) is 24.1 Å². The Kier molecular flexibility index (Phi) is 8.64. The Bertz CT molecular complexity index is 893. The molecule has 0 bridgehead atoms. The fourth-order valence-corrected chi connectivity index (χ4v) is 4.31. The maximum absolute atomic E-state index is 12.8. The van der Waals surface area contributed by atoms with E-state index in [0.29, 0.717) is 44.0 Å². The van der Waals surface area contributed by atoms with Crippen LogP contribution in [0.4, 0.5) is 10.5 Å². The highest BCUT2D eigenvalue weighted by Crippen LogP contribution is 2.23. The minimum absolute atomic E-state index is 0.0649. The minimum atomic E-state index is -0.663. The van der Waals surface area contributed by atoms with Crippen LogP contribution >= 0.6 is 11.3 Å². The number of thiophene rings is 1. The molecule has 32 heavy (non-hydrogen) atoms. The molecule has 1 atom stereocenters. The first-order valence-electron chi connectivity index (χ1n) is 10.7. The number of piperidine rings is 1. The predicted octanol–water partition coefficient (Wildman–Crippen LogP) is 2.86. The van der Waals surface area contributed by atoms with E-state index in [-0.39, 0.29) is 23.8 Å². The number of carbonyl (C=O) groups excluding carboxylic acids is 3. The van der Waals surface area contributed by atoms with Gasteiger partial charge in [-0.25, -0.2) is 4.79 Å². The summed E-state index contributed by atoms with van der Waals surface area (Å²) in [5.41, 5.74) is 1.88. The standard InChI is InChI=1S/C23H30N4O4S/c1-16-5-7-18(8-6-16)25-23(30)27-12-9-17(10-13-27)20(22(29)24-11-14-31-2)26-21(28)19-4-3-15-32-19/h3-8,15,17,20H,9-14H2,1-2H3,(H,24,29)(H,25,30)(H,26,28)/t20-/m0/s1. The Hall–Kier alpha value is -2.91. The largest absolute Gasteiger partial charge is 0.383 e. The van der Waals surface area contributed by atoms with Gasteiger partial charge in [0.05, 0.1) is 11.5 Å². The number of nitrogens with zero attached hydrogens (tertiary/aromatic N) is 1. The summed E-state index contributed by atoms with van der Waals surface area (Å²) in [4.78, 5) is 40.4. The van der Waals surface area contributed by atoms with Gasteiger partial charge in [-0.3, -0.25) is 9.59 Å². The third-order valence-corrected chi connectivity index (χ3v) is 6.39. The van der Waals surface area contributed by atoms with Crippen LogP contribution in [-0.4, -0.2) is 62.1 Å². The van der Waals surface area contributed by atoms with Crippen LogP contribution in [0, 0.1) is 12.8 Å². The van der Waals surface area contributed by atoms with Crippen LogP contribution in [0.5, 0.6) is 0 Å². The summed E-state index contributed by atoms with van der Waals surface area (Å²) in [6.45, 7) is 3.79. The monoisotopic (exact) mass is 458 g/mol. The smallest absolute Gasteiger partial charge is 0.321 e. The van der Waals surface area contributed by atoms with Crippen molar-refractivity contribution in [2.24, 2.45) is 5.92 Å². The molecule has 1 aliphatic heterocycles. The lowest BCUT2D eigenvalue weighted by atomic mass is 9.88. The van der Waals surface area contributed by atoms with Gasteiger partial charge in [0.1, 0.15) is 6.04 Å². The molecule has 1 aromatic carbocycles. The molecular formula is C23H30N4O4S. The maximum Gasteiger partial charge on any atom is 0.321 e. The SMILES string of the molecule is COCCNC(=O)[C@@H](NC(=O)c1cccs1)C1CCN(C(=O)Nc2ccc(C)cc2)CC1. The van der Waals surface area contributed by atoms with Crippen molar-refractivity contribution in [1.82, 2.24) is 15.5 Å². The molecule has 4 amide bonds. The van der Waals surface area contributed by atoms with Crippen LogP contribution in [0.2, 0.25) is 0 Å². The Morgan fingerprint density at radius 1 is 1.16 bits per heavy atom. The summed E-state index contributed by atoms with van der Waals surface area (Å²) in [6, 6.07) is 10.4. The number of benzene rings is 1. The number of hydrogen-bond acceptors (Lipinski definition) is 5. The molecule has 3 N–H and O–H groups in total. The van der Waals surface area contributed by atoms with E-state index in [1.807, 2.05) is 36.6 Å². The molecule has 1 aromatic heterocycles. The van der Waals surface area contributed by atoms with Crippen molar-refractivity contribution >= 4 is 34.9 Å². The summed E-state index contributed by atoms with van der Waals surface area (Å²) >= 11 is 1.33. The van der Waals surface area contributed by atoms with Crippen molar-refractivity contribution in [1.29, 1.82) is 0 Å². The number of carbonyl (C=O) groups is 3. The van der Waals surface area contributed by atoms with Gasteiger partial charge in [0.25, 0.3) is 5.91 Å². The van der Waals surface area contributed by atoms with Gasteiger partial charge < -0.3 is 25.6 Å². The van der Waals surface area contributed by atoms with Gasteiger partial charge in [0.2, 0.25) is 5.91 Å². The zero-order valence-corrected chi connectivity index (χ0v) is 19.2. The van der Waals surface area contributed by atoms with E-state index in [2.05, 4.69) is 16.0 Å². The van der Waals surface area contributed by atoms with Gasteiger partial charge in [0, 0.05) is 32.4 Å². The van der Waals surface area contributed by atoms with Crippen LogP contribution in [0.1, 0.15) is 28.1 Å². The molecule has 0 spiro atoms. The highest BCUT2D eigenvalue weighted by atomic mass is 32.1. The zero-order chi connectivity index (χ0) is 22.9. The van der Waals surface area contributed by atoms with Crippen molar-refractivity contribution in [3.8, 4) is 0 Å². The second-order valence-electron chi connectivity index (χ2n) is 7.83. The molecule has 1 fully saturated rings. The normalized spacial score (nSPS) is 15.1. The van der Waals surface area contributed by atoms with Gasteiger partial charge in [-0.1, -0.05) is 23.8 Å². The fourth-order valence-electron chi connectivity index (χ4n) is 3.68. The van der Waals surface area contributed by atoms with E-state index in [1.165, 1.54) is 11.3 Å². The lowest BCUT2D eigenvalue weighted by Gasteiger charge is -2.35. The highest BCUT2D eigenvalue weighted by Gasteiger charge is 2.34. The lowest BCUT2D eigenvalue weighted by molar-refractivity contribution is -0.124. The molecule has 0 aliphatic carbocycles. The van der Waals surface area contributed by atoms with Crippen LogP contribution < -0.4 is 16.0 Å². The van der Waals surface area contributed by atoms with Gasteiger partial charge in [-0.05, 0) is 49.3 Å². The Labute approximate surface area is 192 Å². The molecule has 0 unspecified atom stereocenters. The molecule has 9 heteroatoms. The number of anilines is 1. The summed E-state index contributed by atoms with van der Waals surface area (Å²) in [6.07, 6.45) is 1.24. The van der Waals surface area contributed by atoms with Crippen molar-refractivity contribution in [2.75, 3.05) is 38.7 Å². The van der Waals surface area contributed by atoms with Gasteiger partial charge >= 0.3 is 6.03 Å². The molecule has 8 nitrogen and oxygen atoms in total. The topological polar surface area (TPSA) is 99.8 Å². The molecule has 1 saturated heterocycles. The Morgan fingerprint density at radius 3 is 2.50 bits per heavy atom. The van der Waals surface area contributed by atoms with Crippen molar-refractivity contribution in [3.05, 3.63) is 52.2 Å². The zero-order valence-electron chi connectivity index (χ0n) is 18.4. The molecule has 2 aromatic rings. The summed E-state index contributed by atoms with van der Waals surface area (Å²) in [5, 5.41) is 10.5. The first-order valence-corrected chi connectivity index (χ1v) is 11.6. The highest BCUT2D eigenvalue weighted by molar-refractivity contribution is 7.12. The third-order valence-electron chi connectivity index (χ3n) is 5.52. The first-order chi connectivity index (χ1) is 15.5. The number of nitrogens with one attached hydrogen (secondary N) is 3. The number of amides is 4. The second-order valence-corrected chi connectivity index (χ2v) is 8.78. The van der Waals surface area contributed by atoms with E-state index in [0.717, 1.165) is 11.3 Å². The van der Waals surface area contributed by atoms with Crippen LogP contribution in [-0.2, 0) is 9.53 Å². The number of urea groups is 1. The van der Waals surface area contributed by atoms with Crippen molar-refractivity contribution in [2.45, 2.75) is 25.8 Å². The number of aryl methyl sites for hydroxylation is 1. The molecule has 0 radical (unpaired) electrons. The van der Waals surface area contributed by atoms with Crippen molar-refractivity contribution in [3.63, 3.8) is 0 Å². The van der Waals surface area contributed by atoms with Crippen LogP contribution in [0.25, 0.3) is 0 Å². The average Bonchev–Trinajstić information content (AvgIpc) is 3.34. The number of ether oxygens (including phenoxy) is 1. The molecule has 1 aliphatic rings. The van der Waals surface area contributed by atoms with Gasteiger partial charge in [-0.2, -0.15) is 0 Å². The average molecular weight is 459 g/mol. The first kappa shape index (κ1) is 23.7. The number of methoxy groups -OCH3 is 1. The maximum atomic E-state index is 12.8. The van der Waals surface area contributed by atoms with Gasteiger partial charge in [0.15, 0.2) is 0 Å². The third kappa shape index (κ3) is 6.54. The molecule has 3 rings (SSSR count). The fraction of sp³-hybridized carbons (Fsp3) is 0.435. The molecule has 0 saturated carbocycles. The van der Waals surface area contributed by atoms with Gasteiger partial charge in [-0.15, -0.1) is 11.3 Å². The van der Waals surface area contributed by atoms with Crippen LogP contribution in [0.3, 0.4) is 0 Å². The second kappa shape index (κ2) is 11.6. The molecular weight excluding hydrogens is 428 g/mol. The van der Waals surface area contributed by atoms with E-state index >= 15 is 0 Å². The number of rotatable bonds is 8.